The summed E-state index contributed by atoms with van der Waals surface area (Å²) in [5, 5.41) is 0.605. The Morgan fingerprint density at radius 1 is 1.24 bits per heavy atom. The van der Waals surface area contributed by atoms with Gasteiger partial charge in [-0.2, -0.15) is 0 Å². The summed E-state index contributed by atoms with van der Waals surface area (Å²) in [5.41, 5.74) is 2.70. The van der Waals surface area contributed by atoms with Crippen molar-refractivity contribution in [1.82, 2.24) is 9.55 Å². The quantitative estimate of drug-likeness (QED) is 0.694. The zero-order chi connectivity index (χ0) is 14.8. The predicted octanol–water partition coefficient (Wildman–Crippen LogP) is 4.26. The normalized spacial score (nSPS) is 11.0. The number of fused-ring (bicyclic) bond motifs is 1. The number of benzene rings is 2. The highest BCUT2D eigenvalue weighted by Gasteiger charge is 2.10. The first-order valence-corrected chi connectivity index (χ1v) is 7.66. The highest BCUT2D eigenvalue weighted by molar-refractivity contribution is 9.10. The fraction of sp³-hybridized carbons (Fsp3) is 0.125. The van der Waals surface area contributed by atoms with Crippen molar-refractivity contribution in [2.75, 3.05) is 0 Å². The molecule has 2 aromatic carbocycles. The number of carbonyl (C=O) groups excluding carboxylic acids is 1. The molecule has 0 saturated heterocycles. The molecule has 3 nitrogen and oxygen atoms in total. The molecule has 0 aliphatic heterocycles. The van der Waals surface area contributed by atoms with Gasteiger partial charge in [-0.15, -0.1) is 0 Å². The monoisotopic (exact) mass is 362 g/mol. The zero-order valence-corrected chi connectivity index (χ0v) is 13.4. The molecule has 5 heteroatoms. The summed E-state index contributed by atoms with van der Waals surface area (Å²) < 4.78 is 2.77. The van der Waals surface area contributed by atoms with E-state index in [0.717, 1.165) is 21.1 Å². The van der Waals surface area contributed by atoms with Gasteiger partial charge in [-0.3, -0.25) is 4.79 Å². The summed E-state index contributed by atoms with van der Waals surface area (Å²) in [4.78, 5) is 16.5. The van der Waals surface area contributed by atoms with Crippen LogP contribution < -0.4 is 0 Å². The largest absolute Gasteiger partial charge is 0.323 e. The number of Topliss-reactive ketones (excluding diaryl/α,β-unsaturated/α-hetero) is 1. The molecule has 0 aliphatic carbocycles. The molecule has 0 N–H and O–H groups in total. The Bertz CT molecular complexity index is 813. The summed E-state index contributed by atoms with van der Waals surface area (Å²) >= 11 is 9.51. The molecule has 0 radical (unpaired) electrons. The topological polar surface area (TPSA) is 34.9 Å². The van der Waals surface area contributed by atoms with Crippen LogP contribution in [-0.2, 0) is 17.8 Å². The van der Waals surface area contributed by atoms with Crippen molar-refractivity contribution in [1.29, 1.82) is 0 Å². The van der Waals surface area contributed by atoms with E-state index in [0.29, 0.717) is 18.0 Å². The van der Waals surface area contributed by atoms with Gasteiger partial charge in [0.2, 0.25) is 0 Å². The second kappa shape index (κ2) is 6.00. The van der Waals surface area contributed by atoms with Gasteiger partial charge >= 0.3 is 0 Å². The third kappa shape index (κ3) is 3.17. The van der Waals surface area contributed by atoms with E-state index in [4.69, 9.17) is 11.6 Å². The number of halogens is 2. The summed E-state index contributed by atoms with van der Waals surface area (Å²) in [6.45, 7) is 0.299. The SMILES string of the molecule is O=C(Cc1ccc(Br)cc1Cl)Cn1cnc2ccccc21. The van der Waals surface area contributed by atoms with Crippen molar-refractivity contribution < 1.29 is 4.79 Å². The Morgan fingerprint density at radius 3 is 2.86 bits per heavy atom. The van der Waals surface area contributed by atoms with E-state index < -0.39 is 0 Å². The average Bonchev–Trinajstić information content (AvgIpc) is 2.85. The van der Waals surface area contributed by atoms with E-state index >= 15 is 0 Å². The minimum Gasteiger partial charge on any atom is -0.323 e. The number of para-hydroxylation sites is 2. The molecule has 1 heterocycles. The first-order valence-electron chi connectivity index (χ1n) is 6.49. The lowest BCUT2D eigenvalue weighted by Crippen LogP contribution is -2.12. The number of rotatable bonds is 4. The molecule has 0 unspecified atom stereocenters. The molecule has 0 spiro atoms. The number of hydrogen-bond donors (Lipinski definition) is 0. The molecule has 1 aromatic heterocycles. The Hall–Kier alpha value is -1.65. The van der Waals surface area contributed by atoms with E-state index in [1.807, 2.05) is 41.0 Å². The van der Waals surface area contributed by atoms with Crippen molar-refractivity contribution in [2.45, 2.75) is 13.0 Å². The van der Waals surface area contributed by atoms with Crippen LogP contribution >= 0.6 is 27.5 Å². The van der Waals surface area contributed by atoms with E-state index in [2.05, 4.69) is 20.9 Å². The van der Waals surface area contributed by atoms with Crippen molar-refractivity contribution in [3.05, 3.63) is 63.9 Å². The standard InChI is InChI=1S/C16H12BrClN2O/c17-12-6-5-11(14(18)8-12)7-13(21)9-20-10-19-15-3-1-2-4-16(15)20/h1-6,8,10H,7,9H2. The molecule has 0 fully saturated rings. The molecule has 3 rings (SSSR count). The first-order chi connectivity index (χ1) is 10.1. The highest BCUT2D eigenvalue weighted by Crippen LogP contribution is 2.22. The molecule has 106 valence electrons. The van der Waals surface area contributed by atoms with Gasteiger partial charge in [0.25, 0.3) is 0 Å². The predicted molar refractivity (Wildman–Crippen MR) is 87.6 cm³/mol. The van der Waals surface area contributed by atoms with Gasteiger partial charge in [0.1, 0.15) is 0 Å². The number of ketones is 1. The Morgan fingerprint density at radius 2 is 2.05 bits per heavy atom. The summed E-state index contributed by atoms with van der Waals surface area (Å²) in [7, 11) is 0. The smallest absolute Gasteiger partial charge is 0.156 e. The Kier molecular flexibility index (Phi) is 4.08. The van der Waals surface area contributed by atoms with Gasteiger partial charge in [0.05, 0.1) is 23.9 Å². The lowest BCUT2D eigenvalue weighted by molar-refractivity contribution is -0.118. The van der Waals surface area contributed by atoms with Gasteiger partial charge in [0.15, 0.2) is 5.78 Å². The molecule has 3 aromatic rings. The number of aromatic nitrogens is 2. The van der Waals surface area contributed by atoms with E-state index in [1.165, 1.54) is 0 Å². The molecular formula is C16H12BrClN2O. The van der Waals surface area contributed by atoms with E-state index in [1.54, 1.807) is 12.4 Å². The van der Waals surface area contributed by atoms with Crippen LogP contribution in [0.15, 0.2) is 53.3 Å². The number of imidazole rings is 1. The molecule has 21 heavy (non-hydrogen) atoms. The van der Waals surface area contributed by atoms with Gasteiger partial charge in [0, 0.05) is 15.9 Å². The second-order valence-corrected chi connectivity index (χ2v) is 6.14. The summed E-state index contributed by atoms with van der Waals surface area (Å²) in [6.07, 6.45) is 2.02. The lowest BCUT2D eigenvalue weighted by Gasteiger charge is -2.06. The minimum atomic E-state index is 0.0994. The third-order valence-electron chi connectivity index (χ3n) is 3.28. The van der Waals surface area contributed by atoms with Crippen LogP contribution in [0.2, 0.25) is 5.02 Å². The van der Waals surface area contributed by atoms with Crippen LogP contribution in [-0.4, -0.2) is 15.3 Å². The van der Waals surface area contributed by atoms with Crippen LogP contribution in [0.25, 0.3) is 11.0 Å². The van der Waals surface area contributed by atoms with Crippen molar-refractivity contribution in [3.8, 4) is 0 Å². The molecule has 0 bridgehead atoms. The molecule has 0 amide bonds. The first kappa shape index (κ1) is 14.3. The lowest BCUT2D eigenvalue weighted by atomic mass is 10.1. The van der Waals surface area contributed by atoms with Gasteiger partial charge in [-0.25, -0.2) is 4.98 Å². The van der Waals surface area contributed by atoms with Crippen LogP contribution in [0, 0.1) is 0 Å². The van der Waals surface area contributed by atoms with E-state index in [9.17, 15) is 4.79 Å². The van der Waals surface area contributed by atoms with Crippen LogP contribution in [0.5, 0.6) is 0 Å². The van der Waals surface area contributed by atoms with Crippen LogP contribution in [0.4, 0.5) is 0 Å². The summed E-state index contributed by atoms with van der Waals surface area (Å²) in [5.74, 6) is 0.0994. The van der Waals surface area contributed by atoms with E-state index in [-0.39, 0.29) is 5.78 Å². The Labute approximate surface area is 135 Å². The number of hydrogen-bond acceptors (Lipinski definition) is 2. The second-order valence-electron chi connectivity index (χ2n) is 4.81. The molecule has 0 aliphatic rings. The maximum Gasteiger partial charge on any atom is 0.156 e. The van der Waals surface area contributed by atoms with Gasteiger partial charge in [-0.1, -0.05) is 45.7 Å². The molecule has 0 saturated carbocycles. The number of nitrogens with zero attached hydrogens (tertiary/aromatic N) is 2. The minimum absolute atomic E-state index is 0.0994. The maximum absolute atomic E-state index is 12.2. The van der Waals surface area contributed by atoms with Crippen molar-refractivity contribution >= 4 is 44.3 Å². The van der Waals surface area contributed by atoms with Gasteiger partial charge in [-0.05, 0) is 29.8 Å². The van der Waals surface area contributed by atoms with Gasteiger partial charge < -0.3 is 4.57 Å². The summed E-state index contributed by atoms with van der Waals surface area (Å²) in [6, 6.07) is 13.3. The molecular weight excluding hydrogens is 352 g/mol. The van der Waals surface area contributed by atoms with Crippen molar-refractivity contribution in [2.24, 2.45) is 0 Å². The van der Waals surface area contributed by atoms with Crippen molar-refractivity contribution in [3.63, 3.8) is 0 Å². The third-order valence-corrected chi connectivity index (χ3v) is 4.12. The molecule has 0 atom stereocenters. The zero-order valence-electron chi connectivity index (χ0n) is 11.1. The number of carbonyl (C=O) groups is 1. The maximum atomic E-state index is 12.2. The fourth-order valence-corrected chi connectivity index (χ4v) is 3.00. The highest BCUT2D eigenvalue weighted by atomic mass is 79.9. The Balaban J connectivity index is 1.77. The van der Waals surface area contributed by atoms with Crippen LogP contribution in [0.1, 0.15) is 5.56 Å². The van der Waals surface area contributed by atoms with Crippen LogP contribution in [0.3, 0.4) is 0 Å². The fourth-order valence-electron chi connectivity index (χ4n) is 2.26. The average molecular weight is 364 g/mol.